The predicted molar refractivity (Wildman–Crippen MR) is 149 cm³/mol. The van der Waals surface area contributed by atoms with Gasteiger partial charge in [0.2, 0.25) is 17.7 Å². The smallest absolute Gasteiger partial charge is 0.245 e. The topological polar surface area (TPSA) is 140 Å². The van der Waals surface area contributed by atoms with Crippen LogP contribution < -0.4 is 20.7 Å². The minimum atomic E-state index is -1.48. The Morgan fingerprint density at radius 2 is 1.73 bits per heavy atom. The average molecular weight is 571 g/mol. The molecule has 0 radical (unpaired) electrons. The summed E-state index contributed by atoms with van der Waals surface area (Å²) in [6.07, 6.45) is 0.234. The Bertz CT molecular complexity index is 1240. The molecule has 1 saturated carbocycles. The summed E-state index contributed by atoms with van der Waals surface area (Å²) < 4.78 is 19.7. The third-order valence-electron chi connectivity index (χ3n) is 7.79. The fourth-order valence-corrected chi connectivity index (χ4v) is 4.88. The summed E-state index contributed by atoms with van der Waals surface area (Å²) in [6, 6.07) is 9.15. The summed E-state index contributed by atoms with van der Waals surface area (Å²) in [5.74, 6) is -1.60. The number of likely N-dealkylation sites (N-methyl/N-ethyl adjacent to an activating group) is 1. The van der Waals surface area contributed by atoms with Crippen LogP contribution in [0.3, 0.4) is 0 Å². The van der Waals surface area contributed by atoms with Crippen LogP contribution in [-0.4, -0.2) is 82.8 Å². The van der Waals surface area contributed by atoms with Crippen LogP contribution in [0.5, 0.6) is 5.75 Å². The molecule has 0 bridgehead atoms. The highest BCUT2D eigenvalue weighted by Crippen LogP contribution is 2.39. The number of aliphatic hydroxyl groups excluding tert-OH is 1. The quantitative estimate of drug-likeness (QED) is 0.374. The van der Waals surface area contributed by atoms with Gasteiger partial charge in [-0.1, -0.05) is 30.3 Å². The van der Waals surface area contributed by atoms with Crippen molar-refractivity contribution in [2.75, 3.05) is 20.1 Å². The fraction of sp³-hybridized carbons (Fsp3) is 0.500. The fourth-order valence-electron chi connectivity index (χ4n) is 4.88. The van der Waals surface area contributed by atoms with Crippen molar-refractivity contribution < 1.29 is 33.7 Å². The molecular weight excluding hydrogens is 531 g/mol. The lowest BCUT2D eigenvalue weighted by atomic mass is 10.0. The summed E-state index contributed by atoms with van der Waals surface area (Å²) in [4.78, 5) is 41.3. The molecule has 1 aliphatic carbocycles. The molecule has 3 amide bonds. The SMILES string of the molecule is C[C@@H]1CN[C@@H](C2(O)CC2)C(=O)N(C)[C@H](C)C(=O)N[C@H]([C@@H](O)c2ccc(F)cc2)C(=O)NCCCc2ccccc2O1. The number of aryl methyl sites for hydroxylation is 1. The minimum absolute atomic E-state index is 0.242. The maximum Gasteiger partial charge on any atom is 0.245 e. The zero-order valence-corrected chi connectivity index (χ0v) is 23.6. The van der Waals surface area contributed by atoms with Crippen molar-refractivity contribution in [3.63, 3.8) is 0 Å². The van der Waals surface area contributed by atoms with E-state index in [4.69, 9.17) is 4.74 Å². The van der Waals surface area contributed by atoms with Crippen LogP contribution in [-0.2, 0) is 20.8 Å². The van der Waals surface area contributed by atoms with E-state index in [1.807, 2.05) is 31.2 Å². The van der Waals surface area contributed by atoms with Gasteiger partial charge in [0, 0.05) is 20.1 Å². The normalized spacial score (nSPS) is 26.9. The lowest BCUT2D eigenvalue weighted by Crippen LogP contribution is -2.60. The number of hydrogen-bond acceptors (Lipinski definition) is 7. The maximum atomic E-state index is 13.5. The number of halogens is 1. The Hall–Kier alpha value is -3.54. The highest BCUT2D eigenvalue weighted by molar-refractivity contribution is 5.93. The van der Waals surface area contributed by atoms with E-state index < -0.39 is 53.4 Å². The van der Waals surface area contributed by atoms with Gasteiger partial charge in [-0.2, -0.15) is 0 Å². The molecule has 222 valence electrons. The van der Waals surface area contributed by atoms with Crippen molar-refractivity contribution in [2.45, 2.75) is 75.5 Å². The lowest BCUT2D eigenvalue weighted by molar-refractivity contribution is -0.144. The minimum Gasteiger partial charge on any atom is -0.489 e. The molecule has 2 aliphatic rings. The van der Waals surface area contributed by atoms with Crippen LogP contribution in [0, 0.1) is 5.82 Å². The Kier molecular flexibility index (Phi) is 9.62. The van der Waals surface area contributed by atoms with Crippen LogP contribution in [0.25, 0.3) is 0 Å². The van der Waals surface area contributed by atoms with Gasteiger partial charge in [0.1, 0.15) is 41.9 Å². The second-order valence-corrected chi connectivity index (χ2v) is 11.0. The van der Waals surface area contributed by atoms with E-state index in [9.17, 15) is 29.0 Å². The molecule has 10 nitrogen and oxygen atoms in total. The molecule has 0 saturated heterocycles. The monoisotopic (exact) mass is 570 g/mol. The second-order valence-electron chi connectivity index (χ2n) is 11.0. The highest BCUT2D eigenvalue weighted by Gasteiger charge is 2.52. The van der Waals surface area contributed by atoms with Crippen molar-refractivity contribution in [3.05, 3.63) is 65.5 Å². The van der Waals surface area contributed by atoms with Crippen LogP contribution in [0.15, 0.2) is 48.5 Å². The maximum absolute atomic E-state index is 13.5. The van der Waals surface area contributed by atoms with Crippen molar-refractivity contribution >= 4 is 17.7 Å². The molecule has 5 atom stereocenters. The van der Waals surface area contributed by atoms with Crippen molar-refractivity contribution in [2.24, 2.45) is 0 Å². The van der Waals surface area contributed by atoms with Gasteiger partial charge in [0.25, 0.3) is 0 Å². The molecule has 5 N–H and O–H groups in total. The predicted octanol–water partition coefficient (Wildman–Crippen LogP) is 1.20. The van der Waals surface area contributed by atoms with Gasteiger partial charge in [0.05, 0.1) is 5.60 Å². The summed E-state index contributed by atoms with van der Waals surface area (Å²) in [5.41, 5.74) is -0.0549. The first kappa shape index (κ1) is 30.4. The second kappa shape index (κ2) is 13.0. The zero-order chi connectivity index (χ0) is 29.7. The van der Waals surface area contributed by atoms with Crippen LogP contribution >= 0.6 is 0 Å². The van der Waals surface area contributed by atoms with E-state index in [2.05, 4.69) is 16.0 Å². The number of nitrogens with one attached hydrogen (secondary N) is 3. The molecule has 0 unspecified atom stereocenters. The molecule has 41 heavy (non-hydrogen) atoms. The van der Waals surface area contributed by atoms with E-state index in [1.165, 1.54) is 31.0 Å². The first-order valence-corrected chi connectivity index (χ1v) is 14.0. The summed E-state index contributed by atoms with van der Waals surface area (Å²) >= 11 is 0. The summed E-state index contributed by atoms with van der Waals surface area (Å²) in [7, 11) is 1.45. The van der Waals surface area contributed by atoms with E-state index in [0.29, 0.717) is 31.4 Å². The Morgan fingerprint density at radius 1 is 1.05 bits per heavy atom. The number of amides is 3. The highest BCUT2D eigenvalue weighted by atomic mass is 19.1. The van der Waals surface area contributed by atoms with E-state index >= 15 is 0 Å². The molecular formula is C30H39FN4O6. The zero-order valence-electron chi connectivity index (χ0n) is 23.6. The number of fused-ring (bicyclic) bond motifs is 1. The van der Waals surface area contributed by atoms with Crippen molar-refractivity contribution in [1.29, 1.82) is 0 Å². The number of carbonyl (C=O) groups is 3. The van der Waals surface area contributed by atoms with Gasteiger partial charge in [0.15, 0.2) is 0 Å². The lowest BCUT2D eigenvalue weighted by Gasteiger charge is -2.33. The molecule has 4 rings (SSSR count). The van der Waals surface area contributed by atoms with Gasteiger partial charge >= 0.3 is 0 Å². The number of benzene rings is 2. The molecule has 0 spiro atoms. The number of carbonyl (C=O) groups excluding carboxylic acids is 3. The van der Waals surface area contributed by atoms with Crippen molar-refractivity contribution in [3.8, 4) is 5.75 Å². The van der Waals surface area contributed by atoms with E-state index in [0.717, 1.165) is 17.7 Å². The van der Waals surface area contributed by atoms with E-state index in [1.54, 1.807) is 0 Å². The van der Waals surface area contributed by atoms with Crippen LogP contribution in [0.4, 0.5) is 4.39 Å². The van der Waals surface area contributed by atoms with E-state index in [-0.39, 0.29) is 24.8 Å². The summed E-state index contributed by atoms with van der Waals surface area (Å²) in [5, 5.41) is 30.5. The number of para-hydroxylation sites is 1. The number of rotatable bonds is 3. The molecule has 2 aromatic carbocycles. The van der Waals surface area contributed by atoms with Gasteiger partial charge in [-0.15, -0.1) is 0 Å². The molecule has 2 aromatic rings. The standard InChI is InChI=1S/C30H39FN4O6/c1-18-17-33-26(30(40)14-15-30)29(39)35(3)19(2)27(37)34-24(25(36)21-10-12-22(31)13-11-21)28(38)32-16-6-8-20-7-4-5-9-23(20)41-18/h4-5,7,9-13,18-19,24-26,33,36,40H,6,8,14-17H2,1-3H3,(H,32,38)(H,34,37)/t18-,19-,24-,25+,26-/m1/s1. The molecule has 0 aromatic heterocycles. The number of nitrogens with zero attached hydrogens (tertiary/aromatic N) is 1. The van der Waals surface area contributed by atoms with Crippen molar-refractivity contribution in [1.82, 2.24) is 20.9 Å². The first-order chi connectivity index (χ1) is 19.5. The van der Waals surface area contributed by atoms with Gasteiger partial charge in [-0.25, -0.2) is 4.39 Å². The van der Waals surface area contributed by atoms with Gasteiger partial charge < -0.3 is 30.5 Å². The van der Waals surface area contributed by atoms with Crippen LogP contribution in [0.1, 0.15) is 50.3 Å². The Morgan fingerprint density at radius 3 is 2.41 bits per heavy atom. The summed E-state index contributed by atoms with van der Waals surface area (Å²) in [6.45, 7) is 3.92. The third kappa shape index (κ3) is 7.41. The third-order valence-corrected chi connectivity index (χ3v) is 7.79. The number of aliphatic hydroxyl groups is 2. The number of ether oxygens (including phenoxy) is 1. The number of hydrogen-bond donors (Lipinski definition) is 5. The average Bonchev–Trinajstić information content (AvgIpc) is 3.70. The molecule has 1 heterocycles. The van der Waals surface area contributed by atoms with Gasteiger partial charge in [-0.05, 0) is 68.9 Å². The molecule has 1 aliphatic heterocycles. The van der Waals surface area contributed by atoms with Crippen LogP contribution in [0.2, 0.25) is 0 Å². The largest absolute Gasteiger partial charge is 0.489 e. The molecule has 11 heteroatoms. The Balaban J connectivity index is 1.62. The Labute approximate surface area is 239 Å². The first-order valence-electron chi connectivity index (χ1n) is 14.0. The van der Waals surface area contributed by atoms with Gasteiger partial charge in [-0.3, -0.25) is 19.7 Å². The molecule has 1 fully saturated rings.